The van der Waals surface area contributed by atoms with Crippen LogP contribution in [0.5, 0.6) is 0 Å². The molecule has 3 aliphatic carbocycles. The molecule has 3 aliphatic rings. The normalized spacial score (nSPS) is 28.5. The van der Waals surface area contributed by atoms with Crippen LogP contribution in [0, 0.1) is 11.3 Å². The van der Waals surface area contributed by atoms with Gasteiger partial charge in [-0.15, -0.1) is 0 Å². The molecule has 3 saturated carbocycles. The molecule has 0 saturated heterocycles. The molecule has 0 bridgehead atoms. The minimum Gasteiger partial charge on any atom is -0.383 e. The average Bonchev–Trinajstić information content (AvgIpc) is 3.00. The van der Waals surface area contributed by atoms with E-state index in [0.717, 1.165) is 32.1 Å². The maximum Gasteiger partial charge on any atom is 0.260 e. The van der Waals surface area contributed by atoms with Crippen LogP contribution in [0.25, 0.3) is 0 Å². The SMILES string of the molecule is CC(=O)C(O)C1(NC(=O)[C@H](CC2(C)CCCC2)NC(=O)C2CC2(F)F)CCC1. The van der Waals surface area contributed by atoms with Gasteiger partial charge in [-0.05, 0) is 50.9 Å². The van der Waals surface area contributed by atoms with Gasteiger partial charge in [0.25, 0.3) is 5.92 Å². The van der Waals surface area contributed by atoms with Crippen molar-refractivity contribution in [1.29, 1.82) is 0 Å². The van der Waals surface area contributed by atoms with Crippen molar-refractivity contribution in [2.45, 2.75) is 95.2 Å². The van der Waals surface area contributed by atoms with Crippen molar-refractivity contribution < 1.29 is 28.3 Å². The summed E-state index contributed by atoms with van der Waals surface area (Å²) in [6, 6.07) is -0.955. The highest BCUT2D eigenvalue weighted by molar-refractivity contribution is 5.91. The molecule has 2 unspecified atom stereocenters. The molecule has 3 N–H and O–H groups in total. The van der Waals surface area contributed by atoms with Gasteiger partial charge in [0, 0.05) is 6.42 Å². The maximum atomic E-state index is 13.3. The Labute approximate surface area is 163 Å². The molecular weight excluding hydrogens is 370 g/mol. The van der Waals surface area contributed by atoms with E-state index < -0.39 is 53.5 Å². The summed E-state index contributed by atoms with van der Waals surface area (Å²) >= 11 is 0. The van der Waals surface area contributed by atoms with Crippen molar-refractivity contribution in [3.8, 4) is 0 Å². The molecule has 0 aliphatic heterocycles. The molecule has 0 aromatic heterocycles. The highest BCUT2D eigenvalue weighted by atomic mass is 19.3. The Morgan fingerprint density at radius 3 is 2.11 bits per heavy atom. The molecular formula is C20H30F2N2O4. The van der Waals surface area contributed by atoms with E-state index in [4.69, 9.17) is 0 Å². The van der Waals surface area contributed by atoms with Crippen LogP contribution in [0.2, 0.25) is 0 Å². The molecule has 3 atom stereocenters. The molecule has 3 rings (SSSR count). The Kier molecular flexibility index (Phi) is 5.55. The van der Waals surface area contributed by atoms with Crippen LogP contribution in [0.4, 0.5) is 8.78 Å². The van der Waals surface area contributed by atoms with Crippen LogP contribution < -0.4 is 10.6 Å². The Balaban J connectivity index is 1.72. The molecule has 28 heavy (non-hydrogen) atoms. The summed E-state index contributed by atoms with van der Waals surface area (Å²) in [5.74, 6) is -6.12. The first kappa shape index (κ1) is 21.1. The predicted octanol–water partition coefficient (Wildman–Crippen LogP) is 2.09. The van der Waals surface area contributed by atoms with Crippen molar-refractivity contribution in [2.24, 2.45) is 11.3 Å². The number of hydrogen-bond donors (Lipinski definition) is 3. The van der Waals surface area contributed by atoms with Gasteiger partial charge in [-0.2, -0.15) is 0 Å². The van der Waals surface area contributed by atoms with E-state index in [1.54, 1.807) is 0 Å². The molecule has 0 aromatic carbocycles. The van der Waals surface area contributed by atoms with E-state index >= 15 is 0 Å². The number of hydrogen-bond acceptors (Lipinski definition) is 4. The Hall–Kier alpha value is -1.57. The number of alkyl halides is 2. The van der Waals surface area contributed by atoms with Crippen molar-refractivity contribution in [1.82, 2.24) is 10.6 Å². The number of nitrogens with one attached hydrogen (secondary N) is 2. The summed E-state index contributed by atoms with van der Waals surface area (Å²) in [5, 5.41) is 15.6. The largest absolute Gasteiger partial charge is 0.383 e. The summed E-state index contributed by atoms with van der Waals surface area (Å²) in [5.41, 5.74) is -1.17. The second-order valence-electron chi connectivity index (χ2n) is 9.31. The lowest BCUT2D eigenvalue weighted by atomic mass is 9.71. The van der Waals surface area contributed by atoms with Crippen molar-refractivity contribution in [2.75, 3.05) is 0 Å². The Morgan fingerprint density at radius 1 is 1.11 bits per heavy atom. The first-order chi connectivity index (χ1) is 13.0. The summed E-state index contributed by atoms with van der Waals surface area (Å²) in [6.07, 6.45) is 4.16. The number of carbonyl (C=O) groups is 3. The van der Waals surface area contributed by atoms with E-state index in [0.29, 0.717) is 19.3 Å². The number of ketones is 1. The Bertz CT molecular complexity index is 657. The fourth-order valence-corrected chi connectivity index (χ4v) is 4.65. The van der Waals surface area contributed by atoms with Gasteiger partial charge in [0.15, 0.2) is 5.78 Å². The third-order valence-corrected chi connectivity index (χ3v) is 6.81. The zero-order chi connectivity index (χ0) is 20.7. The number of rotatable bonds is 8. The maximum absolute atomic E-state index is 13.3. The number of amides is 2. The Morgan fingerprint density at radius 2 is 1.68 bits per heavy atom. The standard InChI is InChI=1S/C20H30F2N2O4/c1-12(25)15(26)19(8-5-9-19)24-17(28)14(11-18(2)6-3-4-7-18)23-16(27)13-10-20(13,21)22/h13-15,26H,3-11H2,1-2H3,(H,23,27)(H,24,28)/t13?,14-,15?/m0/s1. The topological polar surface area (TPSA) is 95.5 Å². The smallest absolute Gasteiger partial charge is 0.260 e. The van der Waals surface area contributed by atoms with Crippen LogP contribution in [-0.2, 0) is 14.4 Å². The summed E-state index contributed by atoms with van der Waals surface area (Å²) in [7, 11) is 0. The van der Waals surface area contributed by atoms with Gasteiger partial charge in [-0.1, -0.05) is 19.8 Å². The molecule has 8 heteroatoms. The summed E-state index contributed by atoms with van der Waals surface area (Å²) in [6.45, 7) is 3.31. The highest BCUT2D eigenvalue weighted by Gasteiger charge is 2.61. The second-order valence-corrected chi connectivity index (χ2v) is 9.31. The van der Waals surface area contributed by atoms with Crippen LogP contribution in [-0.4, -0.2) is 46.3 Å². The van der Waals surface area contributed by atoms with Gasteiger partial charge < -0.3 is 15.7 Å². The quantitative estimate of drug-likeness (QED) is 0.581. The van der Waals surface area contributed by atoms with E-state index in [-0.39, 0.29) is 5.41 Å². The first-order valence-electron chi connectivity index (χ1n) is 10.2. The molecule has 0 aromatic rings. The monoisotopic (exact) mass is 400 g/mol. The minimum atomic E-state index is -3.00. The fourth-order valence-electron chi connectivity index (χ4n) is 4.65. The lowest BCUT2D eigenvalue weighted by molar-refractivity contribution is -0.140. The number of carbonyl (C=O) groups excluding carboxylic acids is 3. The minimum absolute atomic E-state index is 0.146. The van der Waals surface area contributed by atoms with Gasteiger partial charge in [-0.3, -0.25) is 14.4 Å². The van der Waals surface area contributed by atoms with Gasteiger partial charge in [-0.25, -0.2) is 8.78 Å². The lowest BCUT2D eigenvalue weighted by Gasteiger charge is -2.46. The number of aliphatic hydroxyl groups is 1. The molecule has 0 spiro atoms. The molecule has 6 nitrogen and oxygen atoms in total. The summed E-state index contributed by atoms with van der Waals surface area (Å²) in [4.78, 5) is 36.9. The van der Waals surface area contributed by atoms with Crippen molar-refractivity contribution in [3.05, 3.63) is 0 Å². The molecule has 3 fully saturated rings. The van der Waals surface area contributed by atoms with Gasteiger partial charge in [0.05, 0.1) is 5.54 Å². The van der Waals surface area contributed by atoms with Crippen LogP contribution in [0.1, 0.15) is 71.6 Å². The number of aliphatic hydroxyl groups excluding tert-OH is 1. The molecule has 0 heterocycles. The number of Topliss-reactive ketones (excluding diaryl/α,β-unsaturated/α-hetero) is 1. The van der Waals surface area contributed by atoms with E-state index in [1.165, 1.54) is 6.92 Å². The zero-order valence-corrected chi connectivity index (χ0v) is 16.5. The van der Waals surface area contributed by atoms with Gasteiger partial charge >= 0.3 is 0 Å². The number of halogens is 2. The van der Waals surface area contributed by atoms with Gasteiger partial charge in [0.1, 0.15) is 18.1 Å². The third-order valence-electron chi connectivity index (χ3n) is 6.81. The predicted molar refractivity (Wildman–Crippen MR) is 97.6 cm³/mol. The third kappa shape index (κ3) is 4.21. The van der Waals surface area contributed by atoms with Crippen LogP contribution >= 0.6 is 0 Å². The molecule has 0 radical (unpaired) electrons. The lowest BCUT2D eigenvalue weighted by Crippen LogP contribution is -2.66. The summed E-state index contributed by atoms with van der Waals surface area (Å²) < 4.78 is 26.6. The molecule has 158 valence electrons. The second kappa shape index (κ2) is 7.35. The zero-order valence-electron chi connectivity index (χ0n) is 16.5. The van der Waals surface area contributed by atoms with Crippen molar-refractivity contribution in [3.63, 3.8) is 0 Å². The van der Waals surface area contributed by atoms with E-state index in [1.807, 2.05) is 6.92 Å². The van der Waals surface area contributed by atoms with Gasteiger partial charge in [0.2, 0.25) is 11.8 Å². The highest BCUT2D eigenvalue weighted by Crippen LogP contribution is 2.49. The first-order valence-corrected chi connectivity index (χ1v) is 10.2. The van der Waals surface area contributed by atoms with E-state index in [9.17, 15) is 28.3 Å². The molecule has 2 amide bonds. The average molecular weight is 400 g/mol. The van der Waals surface area contributed by atoms with Crippen LogP contribution in [0.15, 0.2) is 0 Å². The van der Waals surface area contributed by atoms with Crippen molar-refractivity contribution >= 4 is 17.6 Å². The van der Waals surface area contributed by atoms with E-state index in [2.05, 4.69) is 10.6 Å². The van der Waals surface area contributed by atoms with Crippen LogP contribution in [0.3, 0.4) is 0 Å². The fraction of sp³-hybridized carbons (Fsp3) is 0.850.